The molecule has 16 heavy (non-hydrogen) atoms. The number of ether oxygens (including phenoxy) is 1. The number of carbonyl (C=O) groups is 1. The van der Waals surface area contributed by atoms with Gasteiger partial charge in [-0.2, -0.15) is 0 Å². The van der Waals surface area contributed by atoms with Gasteiger partial charge in [-0.05, 0) is 46.7 Å². The minimum atomic E-state index is -0.761. The Kier molecular flexibility index (Phi) is 3.81. The van der Waals surface area contributed by atoms with Crippen molar-refractivity contribution in [2.75, 3.05) is 13.2 Å². The van der Waals surface area contributed by atoms with E-state index in [9.17, 15) is 4.79 Å². The molecular formula is C12H13IO3. The third-order valence-electron chi connectivity index (χ3n) is 2.97. The summed E-state index contributed by atoms with van der Waals surface area (Å²) in [5.41, 5.74) is 1.11. The highest BCUT2D eigenvalue weighted by molar-refractivity contribution is 14.1. The Morgan fingerprint density at radius 3 is 2.69 bits per heavy atom. The summed E-state index contributed by atoms with van der Waals surface area (Å²) >= 11 is 2.24. The van der Waals surface area contributed by atoms with Gasteiger partial charge in [0, 0.05) is 16.1 Å². The first-order chi connectivity index (χ1) is 7.68. The number of hydrogen-bond donors (Lipinski definition) is 1. The second-order valence-corrected chi connectivity index (χ2v) is 5.21. The minimum absolute atomic E-state index is 0.0863. The molecule has 1 aromatic rings. The van der Waals surface area contributed by atoms with Crippen molar-refractivity contribution < 1.29 is 14.6 Å². The summed E-state index contributed by atoms with van der Waals surface area (Å²) in [5, 5.41) is 9.14. The molecule has 1 N–H and O–H groups in total. The molecular weight excluding hydrogens is 319 g/mol. The van der Waals surface area contributed by atoms with Crippen LogP contribution in [0, 0.1) is 9.49 Å². The van der Waals surface area contributed by atoms with Gasteiger partial charge >= 0.3 is 5.97 Å². The lowest BCUT2D eigenvalue weighted by Gasteiger charge is -2.28. The summed E-state index contributed by atoms with van der Waals surface area (Å²) in [6.07, 6.45) is 0.789. The smallest absolute Gasteiger partial charge is 0.309 e. The topological polar surface area (TPSA) is 46.5 Å². The second kappa shape index (κ2) is 5.14. The maximum Gasteiger partial charge on any atom is 0.309 e. The van der Waals surface area contributed by atoms with Gasteiger partial charge in [-0.1, -0.05) is 12.1 Å². The molecule has 0 amide bonds. The average Bonchev–Trinajstić information content (AvgIpc) is 2.30. The van der Waals surface area contributed by atoms with Crippen molar-refractivity contribution in [2.45, 2.75) is 12.3 Å². The number of rotatable bonds is 2. The monoisotopic (exact) mass is 332 g/mol. The third kappa shape index (κ3) is 2.55. The second-order valence-electron chi connectivity index (χ2n) is 3.97. The first-order valence-electron chi connectivity index (χ1n) is 5.24. The van der Waals surface area contributed by atoms with E-state index >= 15 is 0 Å². The Balaban J connectivity index is 2.23. The van der Waals surface area contributed by atoms with Crippen LogP contribution in [0.5, 0.6) is 0 Å². The summed E-state index contributed by atoms with van der Waals surface area (Å²) in [6, 6.07) is 8.08. The molecule has 86 valence electrons. The van der Waals surface area contributed by atoms with Gasteiger partial charge in [-0.15, -0.1) is 0 Å². The molecule has 0 aliphatic carbocycles. The van der Waals surface area contributed by atoms with Gasteiger partial charge < -0.3 is 9.84 Å². The van der Waals surface area contributed by atoms with Crippen LogP contribution in [0.2, 0.25) is 0 Å². The molecule has 1 saturated heterocycles. The third-order valence-corrected chi connectivity index (χ3v) is 3.69. The number of hydrogen-bond acceptors (Lipinski definition) is 2. The molecule has 3 nitrogen and oxygen atoms in total. The van der Waals surface area contributed by atoms with E-state index in [0.717, 1.165) is 12.0 Å². The Labute approximate surface area is 108 Å². The Bertz CT molecular complexity index is 374. The Hall–Kier alpha value is -0.620. The van der Waals surface area contributed by atoms with Crippen molar-refractivity contribution in [2.24, 2.45) is 5.92 Å². The molecule has 0 unspecified atom stereocenters. The first-order valence-corrected chi connectivity index (χ1v) is 6.32. The molecule has 2 rings (SSSR count). The normalized spacial score (nSPS) is 25.3. The fourth-order valence-corrected chi connectivity index (χ4v) is 2.45. The lowest BCUT2D eigenvalue weighted by atomic mass is 9.83. The van der Waals surface area contributed by atoms with E-state index in [0.29, 0.717) is 13.2 Å². The molecule has 4 heteroatoms. The zero-order valence-corrected chi connectivity index (χ0v) is 10.9. The van der Waals surface area contributed by atoms with Gasteiger partial charge in [0.1, 0.15) is 0 Å². The maximum absolute atomic E-state index is 11.1. The van der Waals surface area contributed by atoms with Crippen LogP contribution in [-0.4, -0.2) is 24.3 Å². The molecule has 1 aliphatic heterocycles. The van der Waals surface area contributed by atoms with Crippen molar-refractivity contribution in [3.05, 3.63) is 33.4 Å². The van der Waals surface area contributed by atoms with E-state index in [1.54, 1.807) is 0 Å². The molecule has 1 heterocycles. The summed E-state index contributed by atoms with van der Waals surface area (Å²) in [7, 11) is 0. The number of aliphatic carboxylic acids is 1. The largest absolute Gasteiger partial charge is 0.481 e. The summed E-state index contributed by atoms with van der Waals surface area (Å²) in [5.74, 6) is -1.08. The van der Waals surface area contributed by atoms with Crippen molar-refractivity contribution in [3.63, 3.8) is 0 Å². The molecule has 0 spiro atoms. The quantitative estimate of drug-likeness (QED) is 0.847. The van der Waals surface area contributed by atoms with E-state index in [4.69, 9.17) is 9.84 Å². The van der Waals surface area contributed by atoms with E-state index in [-0.39, 0.29) is 5.92 Å². The first kappa shape index (κ1) is 11.9. The van der Waals surface area contributed by atoms with Crippen molar-refractivity contribution in [1.82, 2.24) is 0 Å². The van der Waals surface area contributed by atoms with Crippen LogP contribution < -0.4 is 0 Å². The lowest BCUT2D eigenvalue weighted by Crippen LogP contribution is -2.32. The molecule has 0 bridgehead atoms. The van der Waals surface area contributed by atoms with E-state index in [1.807, 2.05) is 24.3 Å². The SMILES string of the molecule is O=C(O)[C@@H]1COCC[C@@H]1c1ccc(I)cc1. The molecule has 1 aromatic carbocycles. The summed E-state index contributed by atoms with van der Waals surface area (Å²) in [4.78, 5) is 11.1. The predicted octanol–water partition coefficient (Wildman–Crippen LogP) is 2.50. The number of halogens is 1. The van der Waals surface area contributed by atoms with Crippen LogP contribution in [-0.2, 0) is 9.53 Å². The minimum Gasteiger partial charge on any atom is -0.481 e. The standard InChI is InChI=1S/C12H13IO3/c13-9-3-1-8(2-4-9)10-5-6-16-7-11(10)12(14)15/h1-4,10-11H,5-7H2,(H,14,15)/t10-,11-/m1/s1. The van der Waals surface area contributed by atoms with Crippen LogP contribution >= 0.6 is 22.6 Å². The fourth-order valence-electron chi connectivity index (χ4n) is 2.09. The van der Waals surface area contributed by atoms with Crippen molar-refractivity contribution in [1.29, 1.82) is 0 Å². The Morgan fingerprint density at radius 2 is 2.06 bits per heavy atom. The highest BCUT2D eigenvalue weighted by atomic mass is 127. The van der Waals surface area contributed by atoms with E-state index in [2.05, 4.69) is 22.6 Å². The average molecular weight is 332 g/mol. The highest BCUT2D eigenvalue weighted by Crippen LogP contribution is 2.32. The molecule has 2 atom stereocenters. The van der Waals surface area contributed by atoms with Crippen LogP contribution in [0.25, 0.3) is 0 Å². The van der Waals surface area contributed by atoms with Gasteiger partial charge in [0.2, 0.25) is 0 Å². The van der Waals surface area contributed by atoms with E-state index < -0.39 is 11.9 Å². The summed E-state index contributed by atoms with van der Waals surface area (Å²) in [6.45, 7) is 0.979. The van der Waals surface area contributed by atoms with Gasteiger partial charge in [-0.25, -0.2) is 0 Å². The Morgan fingerprint density at radius 1 is 1.38 bits per heavy atom. The summed E-state index contributed by atoms with van der Waals surface area (Å²) < 4.78 is 6.40. The lowest BCUT2D eigenvalue weighted by molar-refractivity contribution is -0.147. The zero-order chi connectivity index (χ0) is 11.5. The number of carboxylic acid groups (broad SMARTS) is 1. The highest BCUT2D eigenvalue weighted by Gasteiger charge is 2.32. The van der Waals surface area contributed by atoms with Gasteiger partial charge in [0.25, 0.3) is 0 Å². The number of benzene rings is 1. The zero-order valence-electron chi connectivity index (χ0n) is 8.73. The maximum atomic E-state index is 11.1. The van der Waals surface area contributed by atoms with Crippen LogP contribution in [0.1, 0.15) is 17.9 Å². The van der Waals surface area contributed by atoms with Crippen LogP contribution in [0.3, 0.4) is 0 Å². The van der Waals surface area contributed by atoms with Gasteiger partial charge in [0.05, 0.1) is 12.5 Å². The molecule has 0 radical (unpaired) electrons. The van der Waals surface area contributed by atoms with Gasteiger partial charge in [-0.3, -0.25) is 4.79 Å². The van der Waals surface area contributed by atoms with Crippen LogP contribution in [0.15, 0.2) is 24.3 Å². The van der Waals surface area contributed by atoms with Crippen molar-refractivity contribution >= 4 is 28.6 Å². The fraction of sp³-hybridized carbons (Fsp3) is 0.417. The molecule has 0 aromatic heterocycles. The molecule has 1 aliphatic rings. The van der Waals surface area contributed by atoms with Crippen molar-refractivity contribution in [3.8, 4) is 0 Å². The molecule has 1 fully saturated rings. The molecule has 0 saturated carbocycles. The van der Waals surface area contributed by atoms with E-state index in [1.165, 1.54) is 3.57 Å². The van der Waals surface area contributed by atoms with Gasteiger partial charge in [0.15, 0.2) is 0 Å². The predicted molar refractivity (Wildman–Crippen MR) is 68.5 cm³/mol. The van der Waals surface area contributed by atoms with Crippen LogP contribution in [0.4, 0.5) is 0 Å². The number of carboxylic acids is 1.